The average Bonchev–Trinajstić information content (AvgIpc) is 2.93. The van der Waals surface area contributed by atoms with Gasteiger partial charge in [-0.2, -0.15) is 8.78 Å². The molecule has 1 atom stereocenters. The van der Waals surface area contributed by atoms with Crippen LogP contribution in [-0.4, -0.2) is 25.9 Å². The molecule has 213 valence electrons. The number of alkyl halides is 3. The molecule has 0 amide bonds. The molecule has 0 aliphatic rings. The van der Waals surface area contributed by atoms with Gasteiger partial charge in [-0.1, -0.05) is 24.6 Å². The second-order valence-electron chi connectivity index (χ2n) is 9.21. The van der Waals surface area contributed by atoms with E-state index in [4.69, 9.17) is 25.7 Å². The molecule has 9 heteroatoms. The predicted molar refractivity (Wildman–Crippen MR) is 151 cm³/mol. The fourth-order valence-corrected chi connectivity index (χ4v) is 3.79. The number of esters is 1. The number of anilines is 2. The van der Waals surface area contributed by atoms with E-state index in [2.05, 4.69) is 6.92 Å². The SMILES string of the molecule is [CH2]C(COC(=O)/C=C/c1ccc(OC(F)(F)c2ccc(OCCCCCCF)cc2)cc1)c1ccc(N)cc1N. The molecule has 0 aliphatic heterocycles. The van der Waals surface area contributed by atoms with Crippen LogP contribution in [0.4, 0.5) is 24.5 Å². The van der Waals surface area contributed by atoms with Crippen LogP contribution in [0.1, 0.15) is 48.3 Å². The maximum Gasteiger partial charge on any atom is 0.426 e. The monoisotopic (exact) mass is 555 g/mol. The summed E-state index contributed by atoms with van der Waals surface area (Å²) in [5.41, 5.74) is 13.6. The van der Waals surface area contributed by atoms with Gasteiger partial charge in [-0.3, -0.25) is 4.39 Å². The maximum absolute atomic E-state index is 14.7. The number of hydrogen-bond acceptors (Lipinski definition) is 6. The topological polar surface area (TPSA) is 96.8 Å². The Hall–Kier alpha value is -4.14. The van der Waals surface area contributed by atoms with E-state index in [1.807, 2.05) is 0 Å². The highest BCUT2D eigenvalue weighted by molar-refractivity contribution is 5.87. The number of carbonyl (C=O) groups is 1. The van der Waals surface area contributed by atoms with Gasteiger partial charge in [0.05, 0.1) is 25.5 Å². The number of hydrogen-bond donors (Lipinski definition) is 2. The van der Waals surface area contributed by atoms with Crippen molar-refractivity contribution in [2.24, 2.45) is 0 Å². The largest absolute Gasteiger partial charge is 0.494 e. The Labute approximate surface area is 232 Å². The highest BCUT2D eigenvalue weighted by atomic mass is 19.3. The van der Waals surface area contributed by atoms with Crippen molar-refractivity contribution in [3.8, 4) is 11.5 Å². The Morgan fingerprint density at radius 1 is 0.925 bits per heavy atom. The summed E-state index contributed by atoms with van der Waals surface area (Å²) in [5, 5.41) is 0. The van der Waals surface area contributed by atoms with E-state index in [0.717, 1.165) is 24.8 Å². The molecule has 3 aromatic rings. The van der Waals surface area contributed by atoms with Crippen LogP contribution in [0.5, 0.6) is 11.5 Å². The minimum atomic E-state index is -3.56. The lowest BCUT2D eigenvalue weighted by atomic mass is 10.00. The third-order valence-electron chi connectivity index (χ3n) is 6.00. The summed E-state index contributed by atoms with van der Waals surface area (Å²) in [6, 6.07) is 16.3. The molecule has 0 heterocycles. The second-order valence-corrected chi connectivity index (χ2v) is 9.21. The van der Waals surface area contributed by atoms with Gasteiger partial charge in [0.1, 0.15) is 11.5 Å². The van der Waals surface area contributed by atoms with E-state index in [9.17, 15) is 18.0 Å². The number of unbranched alkanes of at least 4 members (excludes halogenated alkanes) is 3. The first-order chi connectivity index (χ1) is 19.2. The Kier molecular flexibility index (Phi) is 11.3. The Morgan fingerprint density at radius 2 is 1.60 bits per heavy atom. The summed E-state index contributed by atoms with van der Waals surface area (Å²) in [5.74, 6) is -0.526. The Balaban J connectivity index is 1.46. The van der Waals surface area contributed by atoms with Gasteiger partial charge in [0.25, 0.3) is 0 Å². The van der Waals surface area contributed by atoms with Crippen LogP contribution in [0, 0.1) is 6.92 Å². The predicted octanol–water partition coefficient (Wildman–Crippen LogP) is 7.06. The van der Waals surface area contributed by atoms with Crippen molar-refractivity contribution in [1.29, 1.82) is 0 Å². The fraction of sp³-hybridized carbons (Fsp3) is 0.290. The van der Waals surface area contributed by atoms with E-state index >= 15 is 0 Å². The number of carbonyl (C=O) groups excluding carboxylic acids is 1. The number of rotatable bonds is 15. The molecular formula is C31H34F3N2O4. The summed E-state index contributed by atoms with van der Waals surface area (Å²) >= 11 is 0. The van der Waals surface area contributed by atoms with Crippen molar-refractivity contribution in [2.75, 3.05) is 31.4 Å². The van der Waals surface area contributed by atoms with Crippen molar-refractivity contribution in [2.45, 2.75) is 37.7 Å². The van der Waals surface area contributed by atoms with Crippen molar-refractivity contribution < 1.29 is 32.2 Å². The highest BCUT2D eigenvalue weighted by Crippen LogP contribution is 2.32. The van der Waals surface area contributed by atoms with Gasteiger partial charge in [0, 0.05) is 23.4 Å². The van der Waals surface area contributed by atoms with Gasteiger partial charge in [-0.25, -0.2) is 4.79 Å². The maximum atomic E-state index is 14.7. The summed E-state index contributed by atoms with van der Waals surface area (Å²) in [4.78, 5) is 12.1. The standard InChI is InChI=1S/C31H34F3N2O4/c1-22(28-16-11-25(35)20-29(28)36)21-39-30(37)17-8-23-6-12-27(13-7-23)40-31(33,34)24-9-14-26(15-10-24)38-19-5-3-2-4-18-32/h6-17,20,22H,1-5,18-19,21,35-36H2/b17-8+. The molecule has 1 unspecified atom stereocenters. The third-order valence-corrected chi connectivity index (χ3v) is 6.00. The summed E-state index contributed by atoms with van der Waals surface area (Å²) < 4.78 is 57.2. The van der Waals surface area contributed by atoms with Gasteiger partial charge in [-0.05, 0) is 91.9 Å². The first-order valence-electron chi connectivity index (χ1n) is 13.0. The normalized spacial score (nSPS) is 12.3. The molecule has 6 nitrogen and oxygen atoms in total. The van der Waals surface area contributed by atoms with Gasteiger partial charge in [0.15, 0.2) is 0 Å². The highest BCUT2D eigenvalue weighted by Gasteiger charge is 2.34. The quantitative estimate of drug-likeness (QED) is 0.0902. The summed E-state index contributed by atoms with van der Waals surface area (Å²) in [7, 11) is 0. The number of halogens is 3. The van der Waals surface area contributed by atoms with Gasteiger partial charge in [-0.15, -0.1) is 0 Å². The molecular weight excluding hydrogens is 521 g/mol. The number of nitrogen functional groups attached to an aromatic ring is 2. The zero-order valence-electron chi connectivity index (χ0n) is 22.2. The molecule has 0 bridgehead atoms. The number of ether oxygens (including phenoxy) is 3. The van der Waals surface area contributed by atoms with E-state index in [0.29, 0.717) is 35.7 Å². The molecule has 1 radical (unpaired) electrons. The van der Waals surface area contributed by atoms with Crippen LogP contribution in [-0.2, 0) is 15.6 Å². The van der Waals surface area contributed by atoms with Crippen LogP contribution < -0.4 is 20.9 Å². The lowest BCUT2D eigenvalue weighted by molar-refractivity contribution is -0.185. The average molecular weight is 556 g/mol. The molecule has 3 aromatic carbocycles. The van der Waals surface area contributed by atoms with Crippen molar-refractivity contribution in [3.63, 3.8) is 0 Å². The van der Waals surface area contributed by atoms with Crippen molar-refractivity contribution in [1.82, 2.24) is 0 Å². The van der Waals surface area contributed by atoms with Gasteiger partial charge in [0.2, 0.25) is 0 Å². The van der Waals surface area contributed by atoms with E-state index in [1.54, 1.807) is 30.3 Å². The minimum absolute atomic E-state index is 0.0217. The van der Waals surface area contributed by atoms with Crippen molar-refractivity contribution in [3.05, 3.63) is 96.4 Å². The molecule has 4 N–H and O–H groups in total. The second kappa shape index (κ2) is 14.9. The third kappa shape index (κ3) is 9.55. The van der Waals surface area contributed by atoms with E-state index in [-0.39, 0.29) is 30.5 Å². The van der Waals surface area contributed by atoms with Gasteiger partial charge >= 0.3 is 12.1 Å². The van der Waals surface area contributed by atoms with E-state index in [1.165, 1.54) is 48.6 Å². The Bertz CT molecular complexity index is 1250. The molecule has 0 fully saturated rings. The summed E-state index contributed by atoms with van der Waals surface area (Å²) in [6.45, 7) is 4.10. The zero-order chi connectivity index (χ0) is 29.0. The first-order valence-corrected chi connectivity index (χ1v) is 13.0. The fourth-order valence-electron chi connectivity index (χ4n) is 3.79. The van der Waals surface area contributed by atoms with Crippen LogP contribution in [0.25, 0.3) is 6.08 Å². The molecule has 3 rings (SSSR count). The number of benzene rings is 3. The molecule has 40 heavy (non-hydrogen) atoms. The number of nitrogens with two attached hydrogens (primary N) is 2. The zero-order valence-corrected chi connectivity index (χ0v) is 22.2. The van der Waals surface area contributed by atoms with E-state index < -0.39 is 12.1 Å². The van der Waals surface area contributed by atoms with Crippen LogP contribution in [0.2, 0.25) is 0 Å². The molecule has 0 aliphatic carbocycles. The lowest BCUT2D eigenvalue weighted by Crippen LogP contribution is -2.21. The first kappa shape index (κ1) is 30.4. The van der Waals surface area contributed by atoms with Crippen LogP contribution in [0.3, 0.4) is 0 Å². The minimum Gasteiger partial charge on any atom is -0.494 e. The van der Waals surface area contributed by atoms with Crippen molar-refractivity contribution >= 4 is 23.4 Å². The van der Waals surface area contributed by atoms with Crippen LogP contribution in [0.15, 0.2) is 72.8 Å². The smallest absolute Gasteiger partial charge is 0.426 e. The lowest BCUT2D eigenvalue weighted by Gasteiger charge is -2.18. The summed E-state index contributed by atoms with van der Waals surface area (Å²) in [6.07, 6.45) is 2.13. The Morgan fingerprint density at radius 3 is 2.27 bits per heavy atom. The molecule has 0 aromatic heterocycles. The molecule has 0 saturated carbocycles. The van der Waals surface area contributed by atoms with Gasteiger partial charge < -0.3 is 25.7 Å². The molecule has 0 saturated heterocycles. The van der Waals surface area contributed by atoms with Crippen LogP contribution >= 0.6 is 0 Å². The molecule has 0 spiro atoms.